The van der Waals surface area contributed by atoms with E-state index in [1.165, 1.54) is 16.9 Å². The number of hydrogen-bond donors (Lipinski definition) is 1. The molecule has 4 heteroatoms. The number of thiazole rings is 1. The van der Waals surface area contributed by atoms with Gasteiger partial charge < -0.3 is 5.73 Å². The fraction of sp³-hybridized carbons (Fsp3) is 0.100. The lowest BCUT2D eigenvalue weighted by atomic mass is 10.1. The molecular formula is C10H9BrN2S. The first-order chi connectivity index (χ1) is 6.66. The Labute approximate surface area is 94.9 Å². The molecule has 0 unspecified atom stereocenters. The highest BCUT2D eigenvalue weighted by Gasteiger charge is 2.03. The Kier molecular flexibility index (Phi) is 2.56. The number of rotatable bonds is 1. The third-order valence-electron chi connectivity index (χ3n) is 1.99. The zero-order valence-corrected chi connectivity index (χ0v) is 10.0. The minimum Gasteiger partial charge on any atom is -0.375 e. The van der Waals surface area contributed by atoms with Crippen molar-refractivity contribution in [3.05, 3.63) is 33.6 Å². The number of hydrogen-bond acceptors (Lipinski definition) is 3. The first-order valence-electron chi connectivity index (χ1n) is 4.14. The summed E-state index contributed by atoms with van der Waals surface area (Å²) in [5.41, 5.74) is 8.83. The lowest BCUT2D eigenvalue weighted by molar-refractivity contribution is 1.38. The zero-order chi connectivity index (χ0) is 10.1. The Hall–Kier alpha value is -0.870. The second-order valence-corrected chi connectivity index (χ2v) is 4.78. The number of aryl methyl sites for hydroxylation is 1. The molecule has 72 valence electrons. The third kappa shape index (κ3) is 1.81. The van der Waals surface area contributed by atoms with E-state index in [1.807, 2.05) is 5.38 Å². The standard InChI is InChI=1S/C10H9BrN2S/c1-6-2-3-7(4-8(6)11)9-5-14-10(12)13-9/h2-5H,1H3,(H2,12,13). The van der Waals surface area contributed by atoms with Crippen LogP contribution in [0.5, 0.6) is 0 Å². The van der Waals surface area contributed by atoms with Crippen LogP contribution in [0.15, 0.2) is 28.1 Å². The predicted octanol–water partition coefficient (Wildman–Crippen LogP) is 3.46. The van der Waals surface area contributed by atoms with E-state index in [9.17, 15) is 0 Å². The van der Waals surface area contributed by atoms with Crippen molar-refractivity contribution in [3.63, 3.8) is 0 Å². The molecule has 1 aromatic carbocycles. The summed E-state index contributed by atoms with van der Waals surface area (Å²) < 4.78 is 1.10. The normalized spacial score (nSPS) is 10.4. The van der Waals surface area contributed by atoms with Crippen molar-refractivity contribution in [3.8, 4) is 11.3 Å². The lowest BCUT2D eigenvalue weighted by Gasteiger charge is -2.00. The van der Waals surface area contributed by atoms with Gasteiger partial charge in [0, 0.05) is 15.4 Å². The summed E-state index contributed by atoms with van der Waals surface area (Å²) in [4.78, 5) is 4.23. The van der Waals surface area contributed by atoms with E-state index in [-0.39, 0.29) is 0 Å². The van der Waals surface area contributed by atoms with Crippen molar-refractivity contribution < 1.29 is 0 Å². The van der Waals surface area contributed by atoms with E-state index in [0.29, 0.717) is 5.13 Å². The minimum atomic E-state index is 0.608. The van der Waals surface area contributed by atoms with Crippen molar-refractivity contribution in [2.24, 2.45) is 0 Å². The fourth-order valence-corrected chi connectivity index (χ4v) is 2.12. The summed E-state index contributed by atoms with van der Waals surface area (Å²) in [6.45, 7) is 2.06. The summed E-state index contributed by atoms with van der Waals surface area (Å²) in [7, 11) is 0. The Morgan fingerprint density at radius 2 is 2.21 bits per heavy atom. The van der Waals surface area contributed by atoms with Gasteiger partial charge in [-0.3, -0.25) is 0 Å². The summed E-state index contributed by atoms with van der Waals surface area (Å²) in [5, 5.41) is 2.57. The van der Waals surface area contributed by atoms with E-state index < -0.39 is 0 Å². The highest BCUT2D eigenvalue weighted by atomic mass is 79.9. The molecule has 0 fully saturated rings. The number of nitrogen functional groups attached to an aromatic ring is 1. The Morgan fingerprint density at radius 1 is 1.43 bits per heavy atom. The molecule has 1 heterocycles. The molecule has 0 aliphatic carbocycles. The van der Waals surface area contributed by atoms with Crippen molar-refractivity contribution in [2.75, 3.05) is 5.73 Å². The number of nitrogens with two attached hydrogens (primary N) is 1. The van der Waals surface area contributed by atoms with Crippen LogP contribution in [0.4, 0.5) is 5.13 Å². The van der Waals surface area contributed by atoms with Gasteiger partial charge in [0.2, 0.25) is 0 Å². The van der Waals surface area contributed by atoms with Gasteiger partial charge in [-0.25, -0.2) is 4.98 Å². The maximum absolute atomic E-state index is 5.58. The van der Waals surface area contributed by atoms with Gasteiger partial charge in [-0.05, 0) is 18.6 Å². The molecule has 0 bridgehead atoms. The van der Waals surface area contributed by atoms with Crippen LogP contribution < -0.4 is 5.73 Å². The van der Waals surface area contributed by atoms with E-state index in [0.717, 1.165) is 15.7 Å². The SMILES string of the molecule is Cc1ccc(-c2csc(N)n2)cc1Br. The van der Waals surface area contributed by atoms with Gasteiger partial charge in [-0.15, -0.1) is 11.3 Å². The number of nitrogens with zero attached hydrogens (tertiary/aromatic N) is 1. The Balaban J connectivity index is 2.47. The zero-order valence-electron chi connectivity index (χ0n) is 7.62. The third-order valence-corrected chi connectivity index (χ3v) is 3.52. The van der Waals surface area contributed by atoms with Gasteiger partial charge in [-0.2, -0.15) is 0 Å². The summed E-state index contributed by atoms with van der Waals surface area (Å²) in [5.74, 6) is 0. The van der Waals surface area contributed by atoms with Crippen LogP contribution in [0.1, 0.15) is 5.56 Å². The maximum atomic E-state index is 5.58. The molecule has 0 spiro atoms. The first kappa shape index (κ1) is 9.68. The minimum absolute atomic E-state index is 0.608. The summed E-state index contributed by atoms with van der Waals surface area (Å²) in [6.07, 6.45) is 0. The second kappa shape index (κ2) is 3.71. The summed E-state index contributed by atoms with van der Waals surface area (Å²) >= 11 is 4.96. The van der Waals surface area contributed by atoms with Gasteiger partial charge in [0.05, 0.1) is 5.69 Å². The molecule has 0 radical (unpaired) electrons. The van der Waals surface area contributed by atoms with Crippen LogP contribution in [0, 0.1) is 6.92 Å². The van der Waals surface area contributed by atoms with Gasteiger partial charge in [-0.1, -0.05) is 28.1 Å². The highest BCUT2D eigenvalue weighted by Crippen LogP contribution is 2.27. The van der Waals surface area contributed by atoms with Crippen LogP contribution in [0.3, 0.4) is 0 Å². The van der Waals surface area contributed by atoms with Gasteiger partial charge in [0.25, 0.3) is 0 Å². The van der Waals surface area contributed by atoms with E-state index in [4.69, 9.17) is 5.73 Å². The molecule has 0 aliphatic heterocycles. The van der Waals surface area contributed by atoms with E-state index in [1.54, 1.807) is 0 Å². The van der Waals surface area contributed by atoms with Crippen LogP contribution in [-0.4, -0.2) is 4.98 Å². The van der Waals surface area contributed by atoms with Crippen molar-refractivity contribution in [1.29, 1.82) is 0 Å². The molecule has 1 aromatic heterocycles. The van der Waals surface area contributed by atoms with Gasteiger partial charge in [0.1, 0.15) is 0 Å². The van der Waals surface area contributed by atoms with Crippen molar-refractivity contribution in [2.45, 2.75) is 6.92 Å². The topological polar surface area (TPSA) is 38.9 Å². The van der Waals surface area contributed by atoms with Crippen LogP contribution >= 0.6 is 27.3 Å². The molecule has 14 heavy (non-hydrogen) atoms. The molecule has 0 saturated heterocycles. The second-order valence-electron chi connectivity index (χ2n) is 3.03. The molecule has 0 amide bonds. The molecule has 2 rings (SSSR count). The largest absolute Gasteiger partial charge is 0.375 e. The maximum Gasteiger partial charge on any atom is 0.180 e. The van der Waals surface area contributed by atoms with Crippen LogP contribution in [0.25, 0.3) is 11.3 Å². The molecule has 2 nitrogen and oxygen atoms in total. The molecule has 2 N–H and O–H groups in total. The van der Waals surface area contributed by atoms with Gasteiger partial charge >= 0.3 is 0 Å². The highest BCUT2D eigenvalue weighted by molar-refractivity contribution is 9.10. The number of aromatic nitrogens is 1. The van der Waals surface area contributed by atoms with Crippen molar-refractivity contribution in [1.82, 2.24) is 4.98 Å². The molecule has 0 saturated carbocycles. The number of halogens is 1. The Bertz CT molecular complexity index is 465. The monoisotopic (exact) mass is 268 g/mol. The quantitative estimate of drug-likeness (QED) is 0.861. The number of anilines is 1. The van der Waals surface area contributed by atoms with Crippen molar-refractivity contribution >= 4 is 32.4 Å². The van der Waals surface area contributed by atoms with Gasteiger partial charge in [0.15, 0.2) is 5.13 Å². The van der Waals surface area contributed by atoms with Crippen LogP contribution in [-0.2, 0) is 0 Å². The number of benzene rings is 1. The molecule has 0 atom stereocenters. The molecule has 2 aromatic rings. The fourth-order valence-electron chi connectivity index (χ4n) is 1.17. The predicted molar refractivity (Wildman–Crippen MR) is 64.4 cm³/mol. The Morgan fingerprint density at radius 3 is 2.79 bits per heavy atom. The first-order valence-corrected chi connectivity index (χ1v) is 5.81. The summed E-state index contributed by atoms with van der Waals surface area (Å²) in [6, 6.07) is 6.17. The van der Waals surface area contributed by atoms with Crippen LogP contribution in [0.2, 0.25) is 0 Å². The lowest BCUT2D eigenvalue weighted by Crippen LogP contribution is -1.84. The average molecular weight is 269 g/mol. The average Bonchev–Trinajstić information content (AvgIpc) is 2.57. The molecular weight excluding hydrogens is 260 g/mol. The smallest absolute Gasteiger partial charge is 0.180 e. The molecule has 0 aliphatic rings. The van der Waals surface area contributed by atoms with E-state index in [2.05, 4.69) is 46.0 Å². The van der Waals surface area contributed by atoms with E-state index >= 15 is 0 Å².